The first-order valence-electron chi connectivity index (χ1n) is 10.4. The van der Waals surface area contributed by atoms with Gasteiger partial charge in [0, 0.05) is 26.2 Å². The molecule has 1 aliphatic heterocycles. The molecule has 0 bridgehead atoms. The average Bonchev–Trinajstić information content (AvgIpc) is 3.36. The molecule has 1 fully saturated rings. The molecule has 2 aromatic carbocycles. The van der Waals surface area contributed by atoms with Crippen LogP contribution in [0, 0.1) is 5.82 Å². The molecule has 2 N–H and O–H groups in total. The summed E-state index contributed by atoms with van der Waals surface area (Å²) in [5.74, 6) is -0.0576. The maximum atomic E-state index is 14.5. The zero-order valence-corrected chi connectivity index (χ0v) is 17.5. The average molecular weight is 437 g/mol. The Morgan fingerprint density at radius 1 is 0.938 bits per heavy atom. The Balaban J connectivity index is 1.41. The van der Waals surface area contributed by atoms with Gasteiger partial charge < -0.3 is 24.7 Å². The minimum atomic E-state index is -0.616. The van der Waals surface area contributed by atoms with E-state index in [0.717, 1.165) is 12.0 Å². The van der Waals surface area contributed by atoms with Crippen LogP contribution >= 0.6 is 0 Å². The van der Waals surface area contributed by atoms with Crippen molar-refractivity contribution < 1.29 is 23.1 Å². The molecule has 0 aliphatic carbocycles. The Bertz CT molecular complexity index is 1080. The van der Waals surface area contributed by atoms with Crippen LogP contribution in [0.1, 0.15) is 26.5 Å². The number of furan rings is 1. The third-order valence-electron chi connectivity index (χ3n) is 5.35. The van der Waals surface area contributed by atoms with Gasteiger partial charge in [0.05, 0.1) is 11.8 Å². The smallest absolute Gasteiger partial charge is 0.289 e. The van der Waals surface area contributed by atoms with Gasteiger partial charge in [-0.2, -0.15) is 0 Å². The number of piperazine rings is 1. The molecule has 32 heavy (non-hydrogen) atoms. The van der Waals surface area contributed by atoms with Gasteiger partial charge in [-0.05, 0) is 61.0 Å². The fourth-order valence-corrected chi connectivity index (χ4v) is 3.60. The van der Waals surface area contributed by atoms with Gasteiger partial charge in [0.15, 0.2) is 5.76 Å². The molecule has 2 heterocycles. The predicted molar refractivity (Wildman–Crippen MR) is 116 cm³/mol. The number of rotatable bonds is 6. The topological polar surface area (TPSA) is 89.0 Å². The van der Waals surface area contributed by atoms with Crippen molar-refractivity contribution in [3.05, 3.63) is 83.6 Å². The first-order chi connectivity index (χ1) is 15.5. The summed E-state index contributed by atoms with van der Waals surface area (Å²) in [5, 5.41) is 0. The van der Waals surface area contributed by atoms with E-state index in [1.165, 1.54) is 29.4 Å². The zero-order chi connectivity index (χ0) is 22.5. The van der Waals surface area contributed by atoms with Crippen molar-refractivity contribution in [2.45, 2.75) is 6.42 Å². The highest BCUT2D eigenvalue weighted by atomic mass is 19.1. The van der Waals surface area contributed by atoms with Crippen molar-refractivity contribution in [1.29, 1.82) is 0 Å². The van der Waals surface area contributed by atoms with E-state index in [9.17, 15) is 14.0 Å². The molecule has 8 heteroatoms. The molecule has 4 rings (SSSR count). The lowest BCUT2D eigenvalue weighted by atomic mass is 10.1. The first-order valence-corrected chi connectivity index (χ1v) is 10.4. The van der Waals surface area contributed by atoms with Gasteiger partial charge in [-0.25, -0.2) is 4.39 Å². The van der Waals surface area contributed by atoms with Crippen LogP contribution < -0.4 is 10.5 Å². The number of carbonyl (C=O) groups is 2. The number of nitrogens with zero attached hydrogens (tertiary/aromatic N) is 2. The van der Waals surface area contributed by atoms with Crippen molar-refractivity contribution in [1.82, 2.24) is 9.80 Å². The van der Waals surface area contributed by atoms with Crippen LogP contribution in [0.3, 0.4) is 0 Å². The second-order valence-electron chi connectivity index (χ2n) is 7.49. The highest BCUT2D eigenvalue weighted by Gasteiger charge is 2.28. The lowest BCUT2D eigenvalue weighted by Crippen LogP contribution is -2.50. The van der Waals surface area contributed by atoms with Gasteiger partial charge in [0.25, 0.3) is 11.8 Å². The van der Waals surface area contributed by atoms with Crippen molar-refractivity contribution in [2.24, 2.45) is 5.73 Å². The first kappa shape index (κ1) is 21.6. The van der Waals surface area contributed by atoms with Gasteiger partial charge in [0.2, 0.25) is 0 Å². The van der Waals surface area contributed by atoms with E-state index >= 15 is 0 Å². The number of amides is 2. The van der Waals surface area contributed by atoms with E-state index in [0.29, 0.717) is 44.2 Å². The second-order valence-corrected chi connectivity index (χ2v) is 7.49. The normalized spacial score (nSPS) is 13.8. The Morgan fingerprint density at radius 2 is 1.59 bits per heavy atom. The maximum absolute atomic E-state index is 14.5. The lowest BCUT2D eigenvalue weighted by Gasteiger charge is -2.34. The third-order valence-corrected chi connectivity index (χ3v) is 5.35. The molecule has 1 aliphatic rings. The van der Waals surface area contributed by atoms with Crippen molar-refractivity contribution >= 4 is 11.8 Å². The molecule has 3 aromatic rings. The fraction of sp³-hybridized carbons (Fsp3) is 0.250. The Kier molecular flexibility index (Phi) is 6.51. The number of halogens is 1. The Morgan fingerprint density at radius 3 is 2.22 bits per heavy atom. The Labute approximate surface area is 185 Å². The summed E-state index contributed by atoms with van der Waals surface area (Å²) in [4.78, 5) is 28.5. The second kappa shape index (κ2) is 9.65. The summed E-state index contributed by atoms with van der Waals surface area (Å²) in [5.41, 5.74) is 6.60. The summed E-state index contributed by atoms with van der Waals surface area (Å²) in [7, 11) is 0. The van der Waals surface area contributed by atoms with Crippen LogP contribution in [0.2, 0.25) is 0 Å². The van der Waals surface area contributed by atoms with Crippen LogP contribution in [0.4, 0.5) is 4.39 Å². The number of hydrogen-bond acceptors (Lipinski definition) is 5. The minimum absolute atomic E-state index is 0.0620. The summed E-state index contributed by atoms with van der Waals surface area (Å²) in [6.45, 7) is 1.86. The molecule has 1 aromatic heterocycles. The summed E-state index contributed by atoms with van der Waals surface area (Å²) >= 11 is 0. The van der Waals surface area contributed by atoms with Gasteiger partial charge in [0.1, 0.15) is 17.3 Å². The quantitative estimate of drug-likeness (QED) is 0.639. The lowest BCUT2D eigenvalue weighted by molar-refractivity contribution is 0.0515. The molecule has 1 saturated heterocycles. The molecular weight excluding hydrogens is 413 g/mol. The van der Waals surface area contributed by atoms with Crippen LogP contribution in [0.25, 0.3) is 0 Å². The van der Waals surface area contributed by atoms with Crippen molar-refractivity contribution in [3.63, 3.8) is 0 Å². The summed E-state index contributed by atoms with van der Waals surface area (Å²) < 4.78 is 25.4. The largest absolute Gasteiger partial charge is 0.459 e. The highest BCUT2D eigenvalue weighted by Crippen LogP contribution is 2.25. The molecule has 2 amide bonds. The minimum Gasteiger partial charge on any atom is -0.459 e. The molecule has 7 nitrogen and oxygen atoms in total. The van der Waals surface area contributed by atoms with Gasteiger partial charge >= 0.3 is 0 Å². The van der Waals surface area contributed by atoms with Crippen molar-refractivity contribution in [2.75, 3.05) is 32.7 Å². The number of nitrogens with two attached hydrogens (primary N) is 1. The number of benzene rings is 2. The molecule has 0 unspecified atom stereocenters. The van der Waals surface area contributed by atoms with Gasteiger partial charge in [-0.3, -0.25) is 9.59 Å². The molecule has 0 atom stereocenters. The molecule has 166 valence electrons. The van der Waals surface area contributed by atoms with Crippen LogP contribution in [0.15, 0.2) is 65.3 Å². The molecule has 0 saturated carbocycles. The van der Waals surface area contributed by atoms with E-state index in [2.05, 4.69) is 0 Å². The molecule has 0 radical (unpaired) electrons. The number of ether oxygens (including phenoxy) is 1. The van der Waals surface area contributed by atoms with Crippen LogP contribution in [0.5, 0.6) is 11.5 Å². The maximum Gasteiger partial charge on any atom is 0.289 e. The number of hydrogen-bond donors (Lipinski definition) is 1. The summed E-state index contributed by atoms with van der Waals surface area (Å²) in [6.07, 6.45) is 2.22. The molecular formula is C24H24FN3O4. The van der Waals surface area contributed by atoms with Crippen LogP contribution in [-0.4, -0.2) is 54.3 Å². The van der Waals surface area contributed by atoms with E-state index < -0.39 is 11.7 Å². The predicted octanol–water partition coefficient (Wildman–Crippen LogP) is 3.31. The van der Waals surface area contributed by atoms with Crippen LogP contribution in [-0.2, 0) is 6.42 Å². The van der Waals surface area contributed by atoms with Gasteiger partial charge in [-0.15, -0.1) is 0 Å². The molecule has 0 spiro atoms. The van der Waals surface area contributed by atoms with E-state index in [4.69, 9.17) is 14.9 Å². The van der Waals surface area contributed by atoms with Gasteiger partial charge in [-0.1, -0.05) is 12.1 Å². The SMILES string of the molecule is NCCc1ccc(Oc2ccc(F)c(C(=O)N3CCN(C(=O)c4ccco4)CC3)c2)cc1. The Hall–Kier alpha value is -3.65. The van der Waals surface area contributed by atoms with Crippen molar-refractivity contribution in [3.8, 4) is 11.5 Å². The zero-order valence-electron chi connectivity index (χ0n) is 17.5. The van der Waals surface area contributed by atoms with E-state index in [-0.39, 0.29) is 17.2 Å². The highest BCUT2D eigenvalue weighted by molar-refractivity contribution is 5.95. The third kappa shape index (κ3) is 4.81. The monoisotopic (exact) mass is 437 g/mol. The standard InChI is InChI=1S/C24H24FN3O4/c25-21-8-7-19(32-18-5-3-17(4-6-18)9-10-26)16-20(21)23(29)27-11-13-28(14-12-27)24(30)22-2-1-15-31-22/h1-8,15-16H,9-14,26H2. The van der Waals surface area contributed by atoms with E-state index in [1.807, 2.05) is 24.3 Å². The number of carbonyl (C=O) groups excluding carboxylic acids is 2. The fourth-order valence-electron chi connectivity index (χ4n) is 3.60. The van der Waals surface area contributed by atoms with E-state index in [1.54, 1.807) is 17.0 Å². The summed E-state index contributed by atoms with van der Waals surface area (Å²) in [6, 6.07) is 14.8.